The average molecular weight is 306 g/mol. The van der Waals surface area contributed by atoms with Crippen molar-refractivity contribution in [3.8, 4) is 0 Å². The maximum absolute atomic E-state index is 13.0. The lowest BCUT2D eigenvalue weighted by molar-refractivity contribution is -0.133. The second-order valence-electron chi connectivity index (χ2n) is 6.71. The fourth-order valence-electron chi connectivity index (χ4n) is 4.33. The van der Waals surface area contributed by atoms with Crippen LogP contribution >= 0.6 is 0 Å². The zero-order valence-electron chi connectivity index (χ0n) is 13.1. The summed E-state index contributed by atoms with van der Waals surface area (Å²) in [7, 11) is 0. The minimum absolute atomic E-state index is 0.127. The van der Waals surface area contributed by atoms with Crippen molar-refractivity contribution >= 4 is 16.8 Å². The highest BCUT2D eigenvalue weighted by Gasteiger charge is 2.45. The standard InChI is InChI=1S/C19H18N2O2/c1-11-17-13(6-7-23-11)9-16-18-14(10-21(16)19(17)22)8-12-4-2-3-5-15(12)20-18/h2-5,8,13,16H,6-7,9-10H2,1H3/t13-,16-/m0/s1. The van der Waals surface area contributed by atoms with E-state index in [-0.39, 0.29) is 11.9 Å². The predicted molar refractivity (Wildman–Crippen MR) is 86.4 cm³/mol. The number of benzene rings is 1. The summed E-state index contributed by atoms with van der Waals surface area (Å²) in [6, 6.07) is 10.5. The summed E-state index contributed by atoms with van der Waals surface area (Å²) in [5, 5.41) is 1.15. The van der Waals surface area contributed by atoms with Gasteiger partial charge in [0.05, 0.1) is 29.4 Å². The van der Waals surface area contributed by atoms with Crippen molar-refractivity contribution in [2.24, 2.45) is 5.92 Å². The van der Waals surface area contributed by atoms with Crippen LogP contribution in [-0.2, 0) is 16.1 Å². The molecule has 0 unspecified atom stereocenters. The minimum atomic E-state index is 0.127. The maximum atomic E-state index is 13.0. The van der Waals surface area contributed by atoms with Gasteiger partial charge in [0, 0.05) is 11.9 Å². The number of carbonyl (C=O) groups is 1. The molecule has 1 saturated heterocycles. The molecule has 0 aliphatic carbocycles. The summed E-state index contributed by atoms with van der Waals surface area (Å²) in [5.74, 6) is 1.28. The van der Waals surface area contributed by atoms with Gasteiger partial charge >= 0.3 is 0 Å². The van der Waals surface area contributed by atoms with Crippen molar-refractivity contribution in [3.05, 3.63) is 52.9 Å². The van der Waals surface area contributed by atoms with Crippen LogP contribution in [0.15, 0.2) is 41.7 Å². The summed E-state index contributed by atoms with van der Waals surface area (Å²) < 4.78 is 5.62. The number of para-hydroxylation sites is 1. The molecular formula is C19H18N2O2. The van der Waals surface area contributed by atoms with Gasteiger partial charge in [0.1, 0.15) is 5.76 Å². The van der Waals surface area contributed by atoms with Gasteiger partial charge < -0.3 is 9.64 Å². The molecule has 1 amide bonds. The first-order valence-corrected chi connectivity index (χ1v) is 8.25. The van der Waals surface area contributed by atoms with E-state index in [1.54, 1.807) is 0 Å². The van der Waals surface area contributed by atoms with Crippen molar-refractivity contribution in [3.63, 3.8) is 0 Å². The number of ether oxygens (including phenoxy) is 1. The summed E-state index contributed by atoms with van der Waals surface area (Å²) in [6.07, 6.45) is 1.91. The lowest BCUT2D eigenvalue weighted by Gasteiger charge is -2.39. The molecule has 2 aromatic rings. The molecule has 3 aliphatic heterocycles. The van der Waals surface area contributed by atoms with Crippen LogP contribution < -0.4 is 0 Å². The Morgan fingerprint density at radius 2 is 2.17 bits per heavy atom. The number of pyridine rings is 1. The highest BCUT2D eigenvalue weighted by atomic mass is 16.5. The molecule has 0 bridgehead atoms. The van der Waals surface area contributed by atoms with Crippen LogP contribution in [0.2, 0.25) is 0 Å². The van der Waals surface area contributed by atoms with E-state index in [9.17, 15) is 4.79 Å². The van der Waals surface area contributed by atoms with E-state index in [1.807, 2.05) is 30.0 Å². The van der Waals surface area contributed by atoms with Crippen molar-refractivity contribution < 1.29 is 9.53 Å². The summed E-state index contributed by atoms with van der Waals surface area (Å²) in [5.41, 5.74) is 4.20. The second kappa shape index (κ2) is 4.57. The number of nitrogens with zero attached hydrogens (tertiary/aromatic N) is 2. The first kappa shape index (κ1) is 13.1. The predicted octanol–water partition coefficient (Wildman–Crippen LogP) is 3.33. The number of amides is 1. The molecule has 23 heavy (non-hydrogen) atoms. The van der Waals surface area contributed by atoms with Crippen LogP contribution in [0.3, 0.4) is 0 Å². The van der Waals surface area contributed by atoms with E-state index in [0.29, 0.717) is 12.5 Å². The van der Waals surface area contributed by atoms with Crippen LogP contribution in [0.4, 0.5) is 0 Å². The first-order valence-electron chi connectivity index (χ1n) is 8.25. The van der Waals surface area contributed by atoms with Gasteiger partial charge in [-0.05, 0) is 43.4 Å². The maximum Gasteiger partial charge on any atom is 0.254 e. The van der Waals surface area contributed by atoms with Crippen molar-refractivity contribution in [2.45, 2.75) is 32.4 Å². The lowest BCUT2D eigenvalue weighted by atomic mass is 9.82. The topological polar surface area (TPSA) is 42.4 Å². The highest BCUT2D eigenvalue weighted by Crippen LogP contribution is 2.47. The second-order valence-corrected chi connectivity index (χ2v) is 6.71. The fourth-order valence-corrected chi connectivity index (χ4v) is 4.33. The SMILES string of the molecule is CC1=C2C(=O)N3Cc4cc5ccccc5nc4[C@@H]3C[C@@H]2CCO1. The fraction of sp³-hybridized carbons (Fsp3) is 0.368. The molecule has 4 heterocycles. The quantitative estimate of drug-likeness (QED) is 0.750. The summed E-state index contributed by atoms with van der Waals surface area (Å²) >= 11 is 0. The number of hydrogen-bond acceptors (Lipinski definition) is 3. The van der Waals surface area contributed by atoms with Gasteiger partial charge in [0.2, 0.25) is 0 Å². The van der Waals surface area contributed by atoms with Crippen LogP contribution in [-0.4, -0.2) is 22.4 Å². The van der Waals surface area contributed by atoms with E-state index in [0.717, 1.165) is 47.4 Å². The average Bonchev–Trinajstić information content (AvgIpc) is 2.91. The molecule has 0 saturated carbocycles. The van der Waals surface area contributed by atoms with Gasteiger partial charge in [0.15, 0.2) is 0 Å². The number of rotatable bonds is 0. The zero-order valence-corrected chi connectivity index (χ0v) is 13.1. The van der Waals surface area contributed by atoms with Crippen molar-refractivity contribution in [2.75, 3.05) is 6.61 Å². The van der Waals surface area contributed by atoms with Crippen molar-refractivity contribution in [1.29, 1.82) is 0 Å². The Labute approximate surface area is 134 Å². The normalized spacial score (nSPS) is 26.0. The van der Waals surface area contributed by atoms with Gasteiger partial charge in [-0.2, -0.15) is 0 Å². The molecule has 116 valence electrons. The van der Waals surface area contributed by atoms with Crippen LogP contribution in [0.25, 0.3) is 10.9 Å². The molecule has 5 rings (SSSR count). The Morgan fingerprint density at radius 1 is 1.30 bits per heavy atom. The summed E-state index contributed by atoms with van der Waals surface area (Å²) in [6.45, 7) is 3.31. The van der Waals surface area contributed by atoms with E-state index in [2.05, 4.69) is 12.1 Å². The minimum Gasteiger partial charge on any atom is -0.498 e. The molecule has 1 aromatic heterocycles. The molecule has 0 radical (unpaired) electrons. The molecule has 1 aromatic carbocycles. The van der Waals surface area contributed by atoms with Gasteiger partial charge in [-0.25, -0.2) is 0 Å². The molecule has 1 fully saturated rings. The zero-order chi connectivity index (χ0) is 15.6. The van der Waals surface area contributed by atoms with Gasteiger partial charge in [-0.3, -0.25) is 9.78 Å². The van der Waals surface area contributed by atoms with E-state index >= 15 is 0 Å². The smallest absolute Gasteiger partial charge is 0.254 e. The third-order valence-corrected chi connectivity index (χ3v) is 5.44. The Bertz CT molecular complexity index is 871. The van der Waals surface area contributed by atoms with Gasteiger partial charge in [-0.1, -0.05) is 18.2 Å². The van der Waals surface area contributed by atoms with Gasteiger partial charge in [-0.15, -0.1) is 0 Å². The number of piperidine rings is 1. The molecule has 0 spiro atoms. The molecule has 3 aliphatic rings. The number of fused-ring (bicyclic) bond motifs is 5. The number of aromatic nitrogens is 1. The molecule has 0 N–H and O–H groups in total. The number of carbonyl (C=O) groups excluding carboxylic acids is 1. The monoisotopic (exact) mass is 306 g/mol. The third kappa shape index (κ3) is 1.78. The van der Waals surface area contributed by atoms with Gasteiger partial charge in [0.25, 0.3) is 5.91 Å². The molecule has 4 nitrogen and oxygen atoms in total. The molecular weight excluding hydrogens is 288 g/mol. The van der Waals surface area contributed by atoms with E-state index in [4.69, 9.17) is 9.72 Å². The Morgan fingerprint density at radius 3 is 3.09 bits per heavy atom. The first-order chi connectivity index (χ1) is 11.2. The van der Waals surface area contributed by atoms with Crippen LogP contribution in [0, 0.1) is 5.92 Å². The highest BCUT2D eigenvalue weighted by molar-refractivity contribution is 5.96. The van der Waals surface area contributed by atoms with Crippen molar-refractivity contribution in [1.82, 2.24) is 9.88 Å². The summed E-state index contributed by atoms with van der Waals surface area (Å²) in [4.78, 5) is 19.9. The third-order valence-electron chi connectivity index (χ3n) is 5.44. The molecule has 2 atom stereocenters. The number of hydrogen-bond donors (Lipinski definition) is 0. The lowest BCUT2D eigenvalue weighted by Crippen LogP contribution is -2.41. The van der Waals surface area contributed by atoms with E-state index < -0.39 is 0 Å². The van der Waals surface area contributed by atoms with Crippen LogP contribution in [0.1, 0.15) is 37.1 Å². The van der Waals surface area contributed by atoms with Crippen LogP contribution in [0.5, 0.6) is 0 Å². The largest absolute Gasteiger partial charge is 0.498 e. The Kier molecular flexibility index (Phi) is 2.61. The number of allylic oxidation sites excluding steroid dienone is 1. The van der Waals surface area contributed by atoms with E-state index in [1.165, 1.54) is 5.56 Å². The Hall–Kier alpha value is -2.36. The molecule has 4 heteroatoms. The Balaban J connectivity index is 1.63.